The molecule has 0 fully saturated rings. The third kappa shape index (κ3) is 4.92. The van der Waals surface area contributed by atoms with Crippen LogP contribution >= 0.6 is 0 Å². The summed E-state index contributed by atoms with van der Waals surface area (Å²) in [5.74, 6) is 0.934. The van der Waals surface area contributed by atoms with E-state index in [4.69, 9.17) is 5.73 Å². The lowest BCUT2D eigenvalue weighted by Gasteiger charge is -2.09. The standard InChI is InChI=1S/C15H21N5O/c1-11(16)12-4-6-13(7-5-12)20-15(21)19-8-2-3-14-17-9-10-18-14/h4-7,9-11H,2-3,8,16H2,1H3,(H,17,18)(H2,19,20,21). The number of aromatic nitrogens is 2. The van der Waals surface area contributed by atoms with E-state index in [0.29, 0.717) is 6.54 Å². The second kappa shape index (κ2) is 7.44. The molecule has 0 saturated heterocycles. The number of carbonyl (C=O) groups is 1. The Morgan fingerprint density at radius 2 is 2.14 bits per heavy atom. The van der Waals surface area contributed by atoms with Gasteiger partial charge in [0.2, 0.25) is 0 Å². The van der Waals surface area contributed by atoms with Crippen LogP contribution in [0, 0.1) is 0 Å². The van der Waals surface area contributed by atoms with Gasteiger partial charge in [0, 0.05) is 37.1 Å². The van der Waals surface area contributed by atoms with E-state index in [1.165, 1.54) is 0 Å². The van der Waals surface area contributed by atoms with Gasteiger partial charge in [-0.15, -0.1) is 0 Å². The Hall–Kier alpha value is -2.34. The quantitative estimate of drug-likeness (QED) is 0.613. The largest absolute Gasteiger partial charge is 0.349 e. The Morgan fingerprint density at radius 3 is 2.76 bits per heavy atom. The van der Waals surface area contributed by atoms with Crippen molar-refractivity contribution < 1.29 is 4.79 Å². The first-order chi connectivity index (χ1) is 10.1. The monoisotopic (exact) mass is 287 g/mol. The van der Waals surface area contributed by atoms with E-state index in [1.807, 2.05) is 31.2 Å². The maximum absolute atomic E-state index is 11.7. The van der Waals surface area contributed by atoms with E-state index < -0.39 is 0 Å². The first-order valence-corrected chi connectivity index (χ1v) is 7.04. The van der Waals surface area contributed by atoms with Crippen LogP contribution in [0.15, 0.2) is 36.7 Å². The lowest BCUT2D eigenvalue weighted by molar-refractivity contribution is 0.252. The number of nitrogens with one attached hydrogen (secondary N) is 3. The summed E-state index contributed by atoms with van der Waals surface area (Å²) in [6.07, 6.45) is 5.17. The highest BCUT2D eigenvalue weighted by Gasteiger charge is 2.03. The minimum absolute atomic E-state index is 0.00511. The van der Waals surface area contributed by atoms with E-state index in [2.05, 4.69) is 20.6 Å². The molecule has 6 nitrogen and oxygen atoms in total. The number of nitrogens with zero attached hydrogens (tertiary/aromatic N) is 1. The van der Waals surface area contributed by atoms with E-state index in [0.717, 1.165) is 29.9 Å². The summed E-state index contributed by atoms with van der Waals surface area (Å²) in [5.41, 5.74) is 7.57. The number of nitrogens with two attached hydrogens (primary N) is 1. The number of aryl methyl sites for hydroxylation is 1. The van der Waals surface area contributed by atoms with Gasteiger partial charge in [0.1, 0.15) is 5.82 Å². The molecule has 1 aromatic carbocycles. The number of anilines is 1. The number of imidazole rings is 1. The zero-order valence-corrected chi connectivity index (χ0v) is 12.1. The number of carbonyl (C=O) groups excluding carboxylic acids is 1. The normalized spacial score (nSPS) is 11.9. The van der Waals surface area contributed by atoms with Crippen LogP contribution in [-0.2, 0) is 6.42 Å². The number of rotatable bonds is 6. The number of H-pyrrole nitrogens is 1. The van der Waals surface area contributed by atoms with Crippen molar-refractivity contribution in [2.75, 3.05) is 11.9 Å². The zero-order valence-electron chi connectivity index (χ0n) is 12.1. The molecule has 1 heterocycles. The molecule has 0 bridgehead atoms. The van der Waals surface area contributed by atoms with Gasteiger partial charge in [-0.1, -0.05) is 12.1 Å². The van der Waals surface area contributed by atoms with Crippen LogP contribution in [0.4, 0.5) is 10.5 Å². The van der Waals surface area contributed by atoms with Crippen molar-refractivity contribution in [1.29, 1.82) is 0 Å². The van der Waals surface area contributed by atoms with Gasteiger partial charge in [0.15, 0.2) is 0 Å². The van der Waals surface area contributed by atoms with Crippen molar-refractivity contribution in [2.24, 2.45) is 5.73 Å². The molecule has 6 heteroatoms. The van der Waals surface area contributed by atoms with Crippen molar-refractivity contribution in [3.8, 4) is 0 Å². The SMILES string of the molecule is CC(N)c1ccc(NC(=O)NCCCc2ncc[nH]2)cc1. The molecule has 1 unspecified atom stereocenters. The minimum Gasteiger partial charge on any atom is -0.349 e. The molecule has 0 spiro atoms. The molecule has 0 saturated carbocycles. The van der Waals surface area contributed by atoms with Crippen LogP contribution in [0.25, 0.3) is 0 Å². The third-order valence-electron chi connectivity index (χ3n) is 3.13. The summed E-state index contributed by atoms with van der Waals surface area (Å²) in [4.78, 5) is 18.9. The molecule has 0 aliphatic heterocycles. The summed E-state index contributed by atoms with van der Waals surface area (Å²) in [7, 11) is 0. The predicted octanol–water partition coefficient (Wildman–Crippen LogP) is 2.18. The van der Waals surface area contributed by atoms with Crippen molar-refractivity contribution in [1.82, 2.24) is 15.3 Å². The average molecular weight is 287 g/mol. The molecule has 0 aliphatic carbocycles. The van der Waals surface area contributed by atoms with Gasteiger partial charge in [0.05, 0.1) is 0 Å². The van der Waals surface area contributed by atoms with Gasteiger partial charge in [-0.3, -0.25) is 0 Å². The van der Waals surface area contributed by atoms with Crippen molar-refractivity contribution in [2.45, 2.75) is 25.8 Å². The van der Waals surface area contributed by atoms with Crippen LogP contribution in [0.1, 0.15) is 30.8 Å². The van der Waals surface area contributed by atoms with Crippen LogP contribution in [0.3, 0.4) is 0 Å². The maximum Gasteiger partial charge on any atom is 0.319 e. The van der Waals surface area contributed by atoms with E-state index in [9.17, 15) is 4.79 Å². The Labute approximate surface area is 124 Å². The van der Waals surface area contributed by atoms with Crippen LogP contribution in [0.2, 0.25) is 0 Å². The minimum atomic E-state index is -0.206. The molecule has 2 amide bonds. The maximum atomic E-state index is 11.7. The highest BCUT2D eigenvalue weighted by molar-refractivity contribution is 5.89. The Kier molecular flexibility index (Phi) is 5.34. The highest BCUT2D eigenvalue weighted by Crippen LogP contribution is 2.13. The smallest absolute Gasteiger partial charge is 0.319 e. The van der Waals surface area contributed by atoms with E-state index in [1.54, 1.807) is 12.4 Å². The lowest BCUT2D eigenvalue weighted by Crippen LogP contribution is -2.29. The zero-order chi connectivity index (χ0) is 15.1. The second-order valence-electron chi connectivity index (χ2n) is 4.93. The van der Waals surface area contributed by atoms with Crippen molar-refractivity contribution in [3.05, 3.63) is 48.0 Å². The number of benzene rings is 1. The van der Waals surface area contributed by atoms with Crippen LogP contribution in [-0.4, -0.2) is 22.5 Å². The Balaban J connectivity index is 1.69. The fourth-order valence-corrected chi connectivity index (χ4v) is 1.94. The molecule has 21 heavy (non-hydrogen) atoms. The van der Waals surface area contributed by atoms with Gasteiger partial charge in [-0.2, -0.15) is 0 Å². The van der Waals surface area contributed by atoms with E-state index in [-0.39, 0.29) is 12.1 Å². The van der Waals surface area contributed by atoms with Gasteiger partial charge in [0.25, 0.3) is 0 Å². The molecule has 112 valence electrons. The summed E-state index contributed by atoms with van der Waals surface area (Å²) in [5, 5.41) is 5.60. The molecule has 1 aromatic heterocycles. The summed E-state index contributed by atoms with van der Waals surface area (Å²) >= 11 is 0. The average Bonchev–Trinajstić information content (AvgIpc) is 2.97. The predicted molar refractivity (Wildman–Crippen MR) is 83.0 cm³/mol. The lowest BCUT2D eigenvalue weighted by atomic mass is 10.1. The molecular formula is C15H21N5O. The summed E-state index contributed by atoms with van der Waals surface area (Å²) in [6.45, 7) is 2.53. The molecule has 2 rings (SSSR count). The van der Waals surface area contributed by atoms with Gasteiger partial charge >= 0.3 is 6.03 Å². The Morgan fingerprint density at radius 1 is 1.38 bits per heavy atom. The van der Waals surface area contributed by atoms with Crippen molar-refractivity contribution >= 4 is 11.7 Å². The van der Waals surface area contributed by atoms with Gasteiger partial charge < -0.3 is 21.4 Å². The van der Waals surface area contributed by atoms with Crippen LogP contribution < -0.4 is 16.4 Å². The fourth-order valence-electron chi connectivity index (χ4n) is 1.94. The molecule has 0 radical (unpaired) electrons. The number of hydrogen-bond acceptors (Lipinski definition) is 3. The first-order valence-electron chi connectivity index (χ1n) is 7.04. The molecular weight excluding hydrogens is 266 g/mol. The number of hydrogen-bond donors (Lipinski definition) is 4. The topological polar surface area (TPSA) is 95.8 Å². The number of aromatic amines is 1. The summed E-state index contributed by atoms with van der Waals surface area (Å²) in [6, 6.07) is 7.31. The Bertz CT molecular complexity index is 548. The molecule has 1 atom stereocenters. The van der Waals surface area contributed by atoms with Gasteiger partial charge in [-0.05, 0) is 31.0 Å². The second-order valence-corrected chi connectivity index (χ2v) is 4.93. The fraction of sp³-hybridized carbons (Fsp3) is 0.333. The molecule has 2 aromatic rings. The van der Waals surface area contributed by atoms with Crippen molar-refractivity contribution in [3.63, 3.8) is 0 Å². The van der Waals surface area contributed by atoms with Crippen LogP contribution in [0.5, 0.6) is 0 Å². The van der Waals surface area contributed by atoms with Gasteiger partial charge in [-0.25, -0.2) is 9.78 Å². The highest BCUT2D eigenvalue weighted by atomic mass is 16.2. The summed E-state index contributed by atoms with van der Waals surface area (Å²) < 4.78 is 0. The van der Waals surface area contributed by atoms with E-state index >= 15 is 0 Å². The first kappa shape index (κ1) is 15.1. The third-order valence-corrected chi connectivity index (χ3v) is 3.13. The molecule has 0 aliphatic rings. The number of urea groups is 1. The number of amides is 2. The molecule has 5 N–H and O–H groups in total.